The van der Waals surface area contributed by atoms with Gasteiger partial charge < -0.3 is 10.6 Å². The summed E-state index contributed by atoms with van der Waals surface area (Å²) < 4.78 is 0. The highest BCUT2D eigenvalue weighted by atomic mass is 35.5. The van der Waals surface area contributed by atoms with Crippen molar-refractivity contribution >= 4 is 35.1 Å². The van der Waals surface area contributed by atoms with Crippen molar-refractivity contribution in [1.29, 1.82) is 0 Å². The quantitative estimate of drug-likeness (QED) is 0.750. The van der Waals surface area contributed by atoms with Crippen LogP contribution >= 0.6 is 11.6 Å². The first-order chi connectivity index (χ1) is 12.9. The van der Waals surface area contributed by atoms with Crippen molar-refractivity contribution in [1.82, 2.24) is 10.2 Å². The summed E-state index contributed by atoms with van der Waals surface area (Å²) in [4.78, 5) is 37.8. The lowest BCUT2D eigenvalue weighted by Crippen LogP contribution is -2.38. The van der Waals surface area contributed by atoms with Crippen LogP contribution in [-0.2, 0) is 16.0 Å². The SMILES string of the molecule is Cc1cc(Cl)ccc1NC(=O)CN1C(=O)NC(CCc2ccccc2)C1=O. The molecule has 27 heavy (non-hydrogen) atoms. The maximum absolute atomic E-state index is 12.5. The third-order valence-corrected chi connectivity index (χ3v) is 4.67. The molecule has 0 bridgehead atoms. The van der Waals surface area contributed by atoms with Crippen LogP contribution in [0.1, 0.15) is 17.5 Å². The van der Waals surface area contributed by atoms with Gasteiger partial charge in [-0.05, 0) is 49.1 Å². The van der Waals surface area contributed by atoms with Crippen molar-refractivity contribution in [3.8, 4) is 0 Å². The van der Waals surface area contributed by atoms with Gasteiger partial charge in [-0.3, -0.25) is 14.5 Å². The Balaban J connectivity index is 1.57. The molecule has 0 aliphatic carbocycles. The van der Waals surface area contributed by atoms with Crippen molar-refractivity contribution in [2.75, 3.05) is 11.9 Å². The smallest absolute Gasteiger partial charge is 0.325 e. The molecule has 1 atom stereocenters. The number of imide groups is 1. The third-order valence-electron chi connectivity index (χ3n) is 4.44. The van der Waals surface area contributed by atoms with Gasteiger partial charge in [-0.1, -0.05) is 41.9 Å². The molecule has 2 aromatic carbocycles. The number of nitrogens with zero attached hydrogens (tertiary/aromatic N) is 1. The second-order valence-corrected chi connectivity index (χ2v) is 6.89. The van der Waals surface area contributed by atoms with E-state index in [9.17, 15) is 14.4 Å². The molecule has 0 saturated carbocycles. The topological polar surface area (TPSA) is 78.5 Å². The largest absolute Gasteiger partial charge is 0.326 e. The van der Waals surface area contributed by atoms with E-state index in [1.54, 1.807) is 18.2 Å². The first-order valence-electron chi connectivity index (χ1n) is 8.66. The van der Waals surface area contributed by atoms with E-state index in [-0.39, 0.29) is 12.5 Å². The molecule has 1 fully saturated rings. The summed E-state index contributed by atoms with van der Waals surface area (Å²) in [6.45, 7) is 1.49. The summed E-state index contributed by atoms with van der Waals surface area (Å²) >= 11 is 5.90. The van der Waals surface area contributed by atoms with Crippen LogP contribution in [0.5, 0.6) is 0 Å². The van der Waals surface area contributed by atoms with Crippen LogP contribution in [0.4, 0.5) is 10.5 Å². The molecule has 1 saturated heterocycles. The van der Waals surface area contributed by atoms with Gasteiger partial charge in [0.15, 0.2) is 0 Å². The highest BCUT2D eigenvalue weighted by molar-refractivity contribution is 6.30. The molecule has 4 amide bonds. The van der Waals surface area contributed by atoms with E-state index in [1.807, 2.05) is 37.3 Å². The number of rotatable bonds is 6. The van der Waals surface area contributed by atoms with Gasteiger partial charge in [0.1, 0.15) is 12.6 Å². The maximum atomic E-state index is 12.5. The molecule has 1 unspecified atom stereocenters. The standard InChI is InChI=1S/C20H20ClN3O3/c1-13-11-15(21)8-10-16(13)22-18(25)12-24-19(26)17(23-20(24)27)9-7-14-5-3-2-4-6-14/h2-6,8,10-11,17H,7,9,12H2,1H3,(H,22,25)(H,23,27). The maximum Gasteiger partial charge on any atom is 0.325 e. The summed E-state index contributed by atoms with van der Waals surface area (Å²) in [5.41, 5.74) is 2.49. The molecular weight excluding hydrogens is 366 g/mol. The summed E-state index contributed by atoms with van der Waals surface area (Å²) in [6.07, 6.45) is 1.16. The fourth-order valence-electron chi connectivity index (χ4n) is 2.98. The van der Waals surface area contributed by atoms with Crippen LogP contribution in [-0.4, -0.2) is 35.3 Å². The fraction of sp³-hybridized carbons (Fsp3) is 0.250. The zero-order chi connectivity index (χ0) is 19.4. The zero-order valence-electron chi connectivity index (χ0n) is 14.9. The average molecular weight is 386 g/mol. The number of hydrogen-bond donors (Lipinski definition) is 2. The number of benzene rings is 2. The number of urea groups is 1. The molecule has 6 nitrogen and oxygen atoms in total. The minimum absolute atomic E-state index is 0.325. The van der Waals surface area contributed by atoms with Gasteiger partial charge in [0.2, 0.25) is 5.91 Å². The van der Waals surface area contributed by atoms with E-state index in [0.29, 0.717) is 23.6 Å². The summed E-state index contributed by atoms with van der Waals surface area (Å²) in [7, 11) is 0. The van der Waals surface area contributed by atoms with Crippen molar-refractivity contribution in [3.05, 3.63) is 64.7 Å². The van der Waals surface area contributed by atoms with E-state index in [0.717, 1.165) is 16.0 Å². The number of halogens is 1. The highest BCUT2D eigenvalue weighted by Crippen LogP contribution is 2.20. The Morgan fingerprint density at radius 1 is 1.19 bits per heavy atom. The molecule has 0 aromatic heterocycles. The number of aryl methyl sites for hydroxylation is 2. The third kappa shape index (κ3) is 4.65. The number of hydrogen-bond acceptors (Lipinski definition) is 3. The minimum Gasteiger partial charge on any atom is -0.326 e. The first kappa shape index (κ1) is 18.9. The Labute approximate surface area is 162 Å². The normalized spacial score (nSPS) is 16.4. The van der Waals surface area contributed by atoms with Gasteiger partial charge >= 0.3 is 6.03 Å². The molecule has 2 N–H and O–H groups in total. The molecule has 140 valence electrons. The lowest BCUT2D eigenvalue weighted by Gasteiger charge is -2.14. The molecule has 1 aliphatic rings. The van der Waals surface area contributed by atoms with Crippen LogP contribution in [0, 0.1) is 6.92 Å². The molecule has 0 radical (unpaired) electrons. The Kier molecular flexibility index (Phi) is 5.76. The van der Waals surface area contributed by atoms with Crippen LogP contribution < -0.4 is 10.6 Å². The summed E-state index contributed by atoms with van der Waals surface area (Å²) in [5.74, 6) is -0.813. The number of anilines is 1. The van der Waals surface area contributed by atoms with Gasteiger partial charge in [-0.2, -0.15) is 0 Å². The second kappa shape index (κ2) is 8.22. The highest BCUT2D eigenvalue weighted by Gasteiger charge is 2.38. The fourth-order valence-corrected chi connectivity index (χ4v) is 3.21. The van der Waals surface area contributed by atoms with Gasteiger partial charge in [0.25, 0.3) is 5.91 Å². The second-order valence-electron chi connectivity index (χ2n) is 6.46. The van der Waals surface area contributed by atoms with Crippen LogP contribution in [0.15, 0.2) is 48.5 Å². The Morgan fingerprint density at radius 2 is 1.93 bits per heavy atom. The summed E-state index contributed by atoms with van der Waals surface area (Å²) in [5, 5.41) is 5.93. The van der Waals surface area contributed by atoms with Crippen molar-refractivity contribution < 1.29 is 14.4 Å². The monoisotopic (exact) mass is 385 g/mol. The molecule has 0 spiro atoms. The number of carbonyl (C=O) groups is 3. The Hall–Kier alpha value is -2.86. The predicted molar refractivity (Wildman–Crippen MR) is 104 cm³/mol. The van der Waals surface area contributed by atoms with E-state index in [2.05, 4.69) is 10.6 Å². The van der Waals surface area contributed by atoms with Crippen molar-refractivity contribution in [2.24, 2.45) is 0 Å². The van der Waals surface area contributed by atoms with E-state index >= 15 is 0 Å². The molecule has 7 heteroatoms. The van der Waals surface area contributed by atoms with Crippen LogP contribution in [0.3, 0.4) is 0 Å². The van der Waals surface area contributed by atoms with E-state index < -0.39 is 18.0 Å². The summed E-state index contributed by atoms with van der Waals surface area (Å²) in [6, 6.07) is 13.7. The number of amides is 4. The lowest BCUT2D eigenvalue weighted by atomic mass is 10.1. The lowest BCUT2D eigenvalue weighted by molar-refractivity contribution is -0.130. The van der Waals surface area contributed by atoms with Gasteiger partial charge in [-0.25, -0.2) is 4.79 Å². The zero-order valence-corrected chi connectivity index (χ0v) is 15.6. The minimum atomic E-state index is -0.609. The average Bonchev–Trinajstić information content (AvgIpc) is 2.91. The Bertz CT molecular complexity index is 870. The van der Waals surface area contributed by atoms with Crippen LogP contribution in [0.25, 0.3) is 0 Å². The molecular formula is C20H20ClN3O3. The number of carbonyl (C=O) groups excluding carboxylic acids is 3. The van der Waals surface area contributed by atoms with E-state index in [4.69, 9.17) is 11.6 Å². The predicted octanol–water partition coefficient (Wildman–Crippen LogP) is 3.14. The van der Waals surface area contributed by atoms with Crippen LogP contribution in [0.2, 0.25) is 5.02 Å². The van der Waals surface area contributed by atoms with Gasteiger partial charge in [0, 0.05) is 10.7 Å². The van der Waals surface area contributed by atoms with E-state index in [1.165, 1.54) is 0 Å². The van der Waals surface area contributed by atoms with Gasteiger partial charge in [0.05, 0.1) is 0 Å². The van der Waals surface area contributed by atoms with Gasteiger partial charge in [-0.15, -0.1) is 0 Å². The molecule has 1 aliphatic heterocycles. The van der Waals surface area contributed by atoms with Crippen molar-refractivity contribution in [3.63, 3.8) is 0 Å². The van der Waals surface area contributed by atoms with Crippen molar-refractivity contribution in [2.45, 2.75) is 25.8 Å². The molecule has 1 heterocycles. The molecule has 2 aromatic rings. The molecule has 3 rings (SSSR count). The Morgan fingerprint density at radius 3 is 2.63 bits per heavy atom. The number of nitrogens with one attached hydrogen (secondary N) is 2. The first-order valence-corrected chi connectivity index (χ1v) is 9.03.